The summed E-state index contributed by atoms with van der Waals surface area (Å²) in [7, 11) is 0. The summed E-state index contributed by atoms with van der Waals surface area (Å²) in [6, 6.07) is 1.99. The van der Waals surface area contributed by atoms with Crippen molar-refractivity contribution in [2.75, 3.05) is 13.1 Å². The number of hydrogen-bond acceptors (Lipinski definition) is 1. The van der Waals surface area contributed by atoms with E-state index in [1.807, 2.05) is 4.90 Å². The molecule has 0 radical (unpaired) electrons. The zero-order valence-electron chi connectivity index (χ0n) is 9.09. The monoisotopic (exact) mass is 259 g/mol. The van der Waals surface area contributed by atoms with Crippen LogP contribution in [0.25, 0.3) is 0 Å². The molecule has 1 saturated heterocycles. The van der Waals surface area contributed by atoms with Crippen LogP contribution in [0.15, 0.2) is 17.1 Å². The molecular formula is C11H12ClF2N3. The fraction of sp³-hybridized carbons (Fsp3) is 0.364. The molecule has 92 valence electrons. The second-order valence-electron chi connectivity index (χ2n) is 3.87. The van der Waals surface area contributed by atoms with E-state index < -0.39 is 11.6 Å². The molecule has 0 bridgehead atoms. The number of halogens is 3. The van der Waals surface area contributed by atoms with Crippen molar-refractivity contribution < 1.29 is 8.78 Å². The van der Waals surface area contributed by atoms with Gasteiger partial charge >= 0.3 is 0 Å². The first-order chi connectivity index (χ1) is 8.08. The lowest BCUT2D eigenvalue weighted by molar-refractivity contribution is 0.295. The minimum atomic E-state index is -0.652. The fourth-order valence-electron chi connectivity index (χ4n) is 1.50. The third-order valence-electron chi connectivity index (χ3n) is 2.68. The van der Waals surface area contributed by atoms with Gasteiger partial charge in [-0.3, -0.25) is 0 Å². The second kappa shape index (κ2) is 4.87. The van der Waals surface area contributed by atoms with Crippen LogP contribution in [0.3, 0.4) is 0 Å². The van der Waals surface area contributed by atoms with Gasteiger partial charge in [0.2, 0.25) is 0 Å². The molecule has 0 amide bonds. The molecule has 0 saturated carbocycles. The van der Waals surface area contributed by atoms with Gasteiger partial charge in [0, 0.05) is 18.7 Å². The highest BCUT2D eigenvalue weighted by atomic mass is 35.5. The Balaban J connectivity index is 2.10. The molecule has 2 N–H and O–H groups in total. The van der Waals surface area contributed by atoms with E-state index in [4.69, 9.17) is 17.3 Å². The van der Waals surface area contributed by atoms with Gasteiger partial charge in [0.05, 0.1) is 11.6 Å². The highest BCUT2D eigenvalue weighted by Crippen LogP contribution is 2.20. The average Bonchev–Trinajstić information content (AvgIpc) is 2.19. The van der Waals surface area contributed by atoms with E-state index in [9.17, 15) is 8.78 Å². The number of nitrogens with zero attached hydrogens (tertiary/aromatic N) is 2. The van der Waals surface area contributed by atoms with Gasteiger partial charge < -0.3 is 10.6 Å². The Kier molecular flexibility index (Phi) is 3.47. The van der Waals surface area contributed by atoms with Crippen LogP contribution in [0, 0.1) is 11.6 Å². The molecule has 1 aromatic rings. The molecule has 1 aliphatic rings. The summed E-state index contributed by atoms with van der Waals surface area (Å²) in [6.07, 6.45) is 1.08. The molecule has 0 atom stereocenters. The summed E-state index contributed by atoms with van der Waals surface area (Å²) >= 11 is 5.45. The summed E-state index contributed by atoms with van der Waals surface area (Å²) in [5.41, 5.74) is 5.83. The van der Waals surface area contributed by atoms with Crippen molar-refractivity contribution in [1.82, 2.24) is 4.90 Å². The Labute approximate surface area is 103 Å². The standard InChI is InChI=1S/C11H12ClF2N3/c12-8-5-9(13)7(4-10(8)14)6-16-11(15)17-2-1-3-17/h4-5H,1-3,6H2,(H2,15,16). The van der Waals surface area contributed by atoms with Crippen LogP contribution in [0.1, 0.15) is 12.0 Å². The quantitative estimate of drug-likeness (QED) is 0.502. The third kappa shape index (κ3) is 2.66. The second-order valence-corrected chi connectivity index (χ2v) is 4.28. The number of nitrogens with two attached hydrogens (primary N) is 1. The summed E-state index contributed by atoms with van der Waals surface area (Å²) in [4.78, 5) is 5.90. The minimum absolute atomic E-state index is 0.0161. The molecule has 0 unspecified atom stereocenters. The highest BCUT2D eigenvalue weighted by Gasteiger charge is 2.15. The molecule has 1 fully saturated rings. The van der Waals surface area contributed by atoms with Crippen LogP contribution in [0.5, 0.6) is 0 Å². The van der Waals surface area contributed by atoms with E-state index in [0.717, 1.165) is 31.6 Å². The number of guanidine groups is 1. The summed E-state index contributed by atoms with van der Waals surface area (Å²) in [6.45, 7) is 1.75. The normalized spacial score (nSPS) is 15.9. The van der Waals surface area contributed by atoms with Gasteiger partial charge in [-0.2, -0.15) is 0 Å². The number of aliphatic imine (C=N–C) groups is 1. The number of rotatable bonds is 2. The molecule has 2 rings (SSSR count). The van der Waals surface area contributed by atoms with Crippen LogP contribution in [0.2, 0.25) is 5.02 Å². The van der Waals surface area contributed by atoms with Crippen LogP contribution in [-0.2, 0) is 6.54 Å². The van der Waals surface area contributed by atoms with Crippen LogP contribution in [0.4, 0.5) is 8.78 Å². The predicted octanol–water partition coefficient (Wildman–Crippen LogP) is 2.14. The lowest BCUT2D eigenvalue weighted by atomic mass is 10.2. The molecule has 0 aromatic heterocycles. The molecule has 3 nitrogen and oxygen atoms in total. The Hall–Kier alpha value is -1.36. The van der Waals surface area contributed by atoms with Gasteiger partial charge in [0.15, 0.2) is 5.96 Å². The van der Waals surface area contributed by atoms with Crippen LogP contribution in [-0.4, -0.2) is 23.9 Å². The first-order valence-corrected chi connectivity index (χ1v) is 5.64. The predicted molar refractivity (Wildman–Crippen MR) is 62.9 cm³/mol. The molecule has 1 aliphatic heterocycles. The maximum atomic E-state index is 13.4. The lowest BCUT2D eigenvalue weighted by Crippen LogP contribution is -2.46. The lowest BCUT2D eigenvalue weighted by Gasteiger charge is -2.31. The van der Waals surface area contributed by atoms with Gasteiger partial charge in [0.25, 0.3) is 0 Å². The maximum absolute atomic E-state index is 13.4. The Morgan fingerprint density at radius 2 is 2.06 bits per heavy atom. The molecule has 0 spiro atoms. The van der Waals surface area contributed by atoms with Crippen molar-refractivity contribution >= 4 is 17.6 Å². The first-order valence-electron chi connectivity index (χ1n) is 5.26. The SMILES string of the molecule is NC(=NCc1cc(F)c(Cl)cc1F)N1CCC1. The Morgan fingerprint density at radius 1 is 1.35 bits per heavy atom. The Morgan fingerprint density at radius 3 is 2.65 bits per heavy atom. The van der Waals surface area contributed by atoms with E-state index in [2.05, 4.69) is 4.99 Å². The maximum Gasteiger partial charge on any atom is 0.191 e. The van der Waals surface area contributed by atoms with Crippen molar-refractivity contribution in [3.63, 3.8) is 0 Å². The molecular weight excluding hydrogens is 248 g/mol. The van der Waals surface area contributed by atoms with Gasteiger partial charge in [-0.15, -0.1) is 0 Å². The van der Waals surface area contributed by atoms with E-state index in [0.29, 0.717) is 5.96 Å². The van der Waals surface area contributed by atoms with Crippen molar-refractivity contribution in [3.05, 3.63) is 34.4 Å². The van der Waals surface area contributed by atoms with Crippen molar-refractivity contribution in [2.24, 2.45) is 10.7 Å². The number of likely N-dealkylation sites (tertiary alicyclic amines) is 1. The van der Waals surface area contributed by atoms with Gasteiger partial charge in [-0.05, 0) is 18.6 Å². The van der Waals surface area contributed by atoms with Crippen LogP contribution >= 0.6 is 11.6 Å². The third-order valence-corrected chi connectivity index (χ3v) is 2.97. The van der Waals surface area contributed by atoms with E-state index in [-0.39, 0.29) is 17.1 Å². The largest absolute Gasteiger partial charge is 0.370 e. The van der Waals surface area contributed by atoms with E-state index in [1.54, 1.807) is 0 Å². The van der Waals surface area contributed by atoms with Gasteiger partial charge in [-0.1, -0.05) is 11.6 Å². The van der Waals surface area contributed by atoms with Crippen LogP contribution < -0.4 is 5.73 Å². The highest BCUT2D eigenvalue weighted by molar-refractivity contribution is 6.30. The molecule has 6 heteroatoms. The van der Waals surface area contributed by atoms with Crippen molar-refractivity contribution in [3.8, 4) is 0 Å². The smallest absolute Gasteiger partial charge is 0.191 e. The van der Waals surface area contributed by atoms with Gasteiger partial charge in [0.1, 0.15) is 11.6 Å². The zero-order chi connectivity index (χ0) is 12.4. The van der Waals surface area contributed by atoms with E-state index in [1.165, 1.54) is 0 Å². The molecule has 1 heterocycles. The number of hydrogen-bond donors (Lipinski definition) is 1. The summed E-state index contributed by atoms with van der Waals surface area (Å²) in [5, 5.41) is -0.231. The molecule has 1 aromatic carbocycles. The number of benzene rings is 1. The first kappa shape index (κ1) is 12.1. The average molecular weight is 260 g/mol. The zero-order valence-corrected chi connectivity index (χ0v) is 9.84. The summed E-state index contributed by atoms with van der Waals surface area (Å²) < 4.78 is 26.5. The minimum Gasteiger partial charge on any atom is -0.370 e. The van der Waals surface area contributed by atoms with E-state index >= 15 is 0 Å². The van der Waals surface area contributed by atoms with Crippen molar-refractivity contribution in [1.29, 1.82) is 0 Å². The summed E-state index contributed by atoms with van der Waals surface area (Å²) in [5.74, 6) is -0.858. The van der Waals surface area contributed by atoms with Crippen molar-refractivity contribution in [2.45, 2.75) is 13.0 Å². The Bertz CT molecular complexity index is 458. The van der Waals surface area contributed by atoms with Gasteiger partial charge in [-0.25, -0.2) is 13.8 Å². The molecule has 17 heavy (non-hydrogen) atoms. The molecule has 0 aliphatic carbocycles. The fourth-order valence-corrected chi connectivity index (χ4v) is 1.65. The topological polar surface area (TPSA) is 41.6 Å².